The number of rotatable bonds is 6. The van der Waals surface area contributed by atoms with Crippen molar-refractivity contribution in [1.82, 2.24) is 9.97 Å². The molecule has 0 spiro atoms. The quantitative estimate of drug-likeness (QED) is 0.631. The lowest BCUT2D eigenvalue weighted by molar-refractivity contribution is 0.0493. The number of esters is 1. The molecule has 0 amide bonds. The van der Waals surface area contributed by atoms with Crippen molar-refractivity contribution >= 4 is 17.0 Å². The van der Waals surface area contributed by atoms with Gasteiger partial charge in [0.1, 0.15) is 22.7 Å². The Morgan fingerprint density at radius 3 is 2.77 bits per heavy atom. The maximum Gasteiger partial charge on any atom is 0.345 e. The molecule has 0 aliphatic rings. The van der Waals surface area contributed by atoms with Crippen molar-refractivity contribution in [1.29, 1.82) is 0 Å². The topological polar surface area (TPSA) is 84.4 Å². The number of ether oxygens (including phenoxy) is 2. The van der Waals surface area contributed by atoms with Gasteiger partial charge in [-0.05, 0) is 6.42 Å². The van der Waals surface area contributed by atoms with Crippen LogP contribution in [0.3, 0.4) is 0 Å². The number of carbonyl (C=O) groups excluding carboxylic acids is 1. The average Bonchev–Trinajstić information content (AvgIpc) is 2.89. The van der Waals surface area contributed by atoms with E-state index in [0.717, 1.165) is 18.7 Å². The van der Waals surface area contributed by atoms with Crippen LogP contribution in [0.4, 0.5) is 0 Å². The van der Waals surface area contributed by atoms with Crippen LogP contribution in [0, 0.1) is 0 Å². The van der Waals surface area contributed by atoms with Gasteiger partial charge in [0.2, 0.25) is 0 Å². The summed E-state index contributed by atoms with van der Waals surface area (Å²) in [4.78, 5) is 19.8. The molecule has 0 fully saturated rings. The summed E-state index contributed by atoms with van der Waals surface area (Å²) in [6.45, 7) is 6.33. The zero-order valence-corrected chi connectivity index (χ0v) is 13.4. The lowest BCUT2D eigenvalue weighted by atomic mass is 10.1. The molecular formula is C16H22N2O4. The predicted octanol–water partition coefficient (Wildman–Crippen LogP) is 3.36. The fraction of sp³-hybridized carbons (Fsp3) is 0.500. The molecule has 0 saturated heterocycles. The lowest BCUT2D eigenvalue weighted by Crippen LogP contribution is -2.09. The Balaban J connectivity index is 2.49. The van der Waals surface area contributed by atoms with Crippen molar-refractivity contribution in [3.05, 3.63) is 17.5 Å². The second kappa shape index (κ2) is 6.68. The number of unbranched alkanes of at least 4 members (excludes halogenated alkanes) is 1. The molecule has 6 nitrogen and oxygen atoms in total. The van der Waals surface area contributed by atoms with Crippen LogP contribution in [0.5, 0.6) is 11.5 Å². The molecule has 0 atom stereocenters. The maximum absolute atomic E-state index is 12.2. The number of methoxy groups -OCH3 is 1. The van der Waals surface area contributed by atoms with Gasteiger partial charge in [0.25, 0.3) is 0 Å². The summed E-state index contributed by atoms with van der Waals surface area (Å²) >= 11 is 0. The summed E-state index contributed by atoms with van der Waals surface area (Å²) in [6.07, 6.45) is 1.70. The number of H-pyrrole nitrogens is 1. The third-order valence-electron chi connectivity index (χ3n) is 3.42. The zero-order chi connectivity index (χ0) is 16.3. The van der Waals surface area contributed by atoms with Crippen LogP contribution in [-0.4, -0.2) is 34.8 Å². The van der Waals surface area contributed by atoms with Crippen LogP contribution in [0.2, 0.25) is 0 Å². The fourth-order valence-corrected chi connectivity index (χ4v) is 2.18. The number of aromatic hydroxyl groups is 1. The number of aromatic amines is 1. The van der Waals surface area contributed by atoms with E-state index in [1.165, 1.54) is 13.2 Å². The molecule has 1 aromatic heterocycles. The average molecular weight is 306 g/mol. The molecule has 22 heavy (non-hydrogen) atoms. The van der Waals surface area contributed by atoms with Crippen LogP contribution in [0.25, 0.3) is 11.0 Å². The fourth-order valence-electron chi connectivity index (χ4n) is 2.18. The van der Waals surface area contributed by atoms with Gasteiger partial charge in [-0.25, -0.2) is 9.78 Å². The summed E-state index contributed by atoms with van der Waals surface area (Å²) in [5.74, 6) is 0.423. The molecule has 1 heterocycles. The van der Waals surface area contributed by atoms with E-state index in [0.29, 0.717) is 17.6 Å². The Bertz CT molecular complexity index is 676. The molecule has 1 aromatic carbocycles. The highest BCUT2D eigenvalue weighted by molar-refractivity contribution is 6.02. The second-order valence-electron chi connectivity index (χ2n) is 5.47. The molecule has 0 saturated carbocycles. The smallest absolute Gasteiger partial charge is 0.345 e. The van der Waals surface area contributed by atoms with Gasteiger partial charge in [-0.1, -0.05) is 27.2 Å². The number of phenols is 1. The van der Waals surface area contributed by atoms with E-state index >= 15 is 0 Å². The molecule has 0 unspecified atom stereocenters. The molecular weight excluding hydrogens is 284 g/mol. The predicted molar refractivity (Wildman–Crippen MR) is 83.6 cm³/mol. The van der Waals surface area contributed by atoms with Crippen LogP contribution >= 0.6 is 0 Å². The Kier molecular flexibility index (Phi) is 4.90. The van der Waals surface area contributed by atoms with E-state index in [2.05, 4.69) is 9.97 Å². The summed E-state index contributed by atoms with van der Waals surface area (Å²) in [7, 11) is 1.45. The number of hydrogen-bond donors (Lipinski definition) is 2. The third kappa shape index (κ3) is 3.00. The SMILES string of the molecule is CCCCOC(=O)c1c(O)cc2[nH]c(C(C)C)nc2c1OC. The second-order valence-corrected chi connectivity index (χ2v) is 5.47. The highest BCUT2D eigenvalue weighted by atomic mass is 16.5. The molecule has 2 aromatic rings. The van der Waals surface area contributed by atoms with Crippen molar-refractivity contribution in [2.24, 2.45) is 0 Å². The number of nitrogens with zero attached hydrogens (tertiary/aromatic N) is 1. The largest absolute Gasteiger partial charge is 0.507 e. The molecule has 120 valence electrons. The van der Waals surface area contributed by atoms with Crippen LogP contribution < -0.4 is 4.74 Å². The molecule has 6 heteroatoms. The van der Waals surface area contributed by atoms with Gasteiger partial charge in [0, 0.05) is 12.0 Å². The van der Waals surface area contributed by atoms with E-state index in [1.807, 2.05) is 20.8 Å². The zero-order valence-electron chi connectivity index (χ0n) is 13.4. The van der Waals surface area contributed by atoms with Crippen LogP contribution in [-0.2, 0) is 4.74 Å². The van der Waals surface area contributed by atoms with Gasteiger partial charge in [-0.2, -0.15) is 0 Å². The summed E-state index contributed by atoms with van der Waals surface area (Å²) in [6, 6.07) is 1.48. The van der Waals surface area contributed by atoms with Gasteiger partial charge in [0.15, 0.2) is 5.75 Å². The van der Waals surface area contributed by atoms with Gasteiger partial charge in [-0.15, -0.1) is 0 Å². The van der Waals surface area contributed by atoms with E-state index in [4.69, 9.17) is 9.47 Å². The first-order valence-electron chi connectivity index (χ1n) is 7.46. The Morgan fingerprint density at radius 2 is 2.18 bits per heavy atom. The minimum absolute atomic E-state index is 0.0212. The first-order valence-corrected chi connectivity index (χ1v) is 7.46. The molecule has 0 bridgehead atoms. The number of fused-ring (bicyclic) bond motifs is 1. The number of nitrogens with one attached hydrogen (secondary N) is 1. The minimum atomic E-state index is -0.598. The van der Waals surface area contributed by atoms with Crippen LogP contribution in [0.1, 0.15) is 55.7 Å². The number of imidazole rings is 1. The van der Waals surface area contributed by atoms with Crippen molar-refractivity contribution in [2.75, 3.05) is 13.7 Å². The monoisotopic (exact) mass is 306 g/mol. The lowest BCUT2D eigenvalue weighted by Gasteiger charge is -2.10. The first-order chi connectivity index (χ1) is 10.5. The Hall–Kier alpha value is -2.24. The van der Waals surface area contributed by atoms with Crippen molar-refractivity contribution in [3.8, 4) is 11.5 Å². The van der Waals surface area contributed by atoms with Crippen molar-refractivity contribution in [3.63, 3.8) is 0 Å². The highest BCUT2D eigenvalue weighted by Crippen LogP contribution is 2.36. The maximum atomic E-state index is 12.2. The molecule has 0 aliphatic heterocycles. The van der Waals surface area contributed by atoms with E-state index < -0.39 is 5.97 Å². The van der Waals surface area contributed by atoms with E-state index in [9.17, 15) is 9.90 Å². The van der Waals surface area contributed by atoms with E-state index in [1.54, 1.807) is 0 Å². The number of phenolic OH excluding ortho intramolecular Hbond substituents is 1. The molecule has 0 radical (unpaired) electrons. The van der Waals surface area contributed by atoms with Gasteiger partial charge in [0.05, 0.1) is 19.2 Å². The number of hydrogen-bond acceptors (Lipinski definition) is 5. The first kappa shape index (κ1) is 16.1. The summed E-state index contributed by atoms with van der Waals surface area (Å²) in [5, 5.41) is 10.2. The van der Waals surface area contributed by atoms with Gasteiger partial charge >= 0.3 is 5.97 Å². The van der Waals surface area contributed by atoms with Crippen molar-refractivity contribution < 1.29 is 19.4 Å². The Labute approximate surface area is 129 Å². The Morgan fingerprint density at radius 1 is 1.45 bits per heavy atom. The summed E-state index contributed by atoms with van der Waals surface area (Å²) < 4.78 is 10.5. The molecule has 2 N–H and O–H groups in total. The summed E-state index contributed by atoms with van der Waals surface area (Å²) in [5.41, 5.74) is 1.17. The normalized spacial score (nSPS) is 11.1. The molecule has 0 aliphatic carbocycles. The number of aromatic nitrogens is 2. The standard InChI is InChI=1S/C16H22N2O4/c1-5-6-7-22-16(20)12-11(19)8-10-13(14(12)21-4)18-15(17-10)9(2)3/h8-9,19H,5-7H2,1-4H3,(H,17,18). The molecule has 2 rings (SSSR count). The van der Waals surface area contributed by atoms with Crippen molar-refractivity contribution in [2.45, 2.75) is 39.5 Å². The highest BCUT2D eigenvalue weighted by Gasteiger charge is 2.24. The van der Waals surface area contributed by atoms with Gasteiger partial charge < -0.3 is 19.6 Å². The van der Waals surface area contributed by atoms with E-state index in [-0.39, 0.29) is 23.0 Å². The van der Waals surface area contributed by atoms with Crippen LogP contribution in [0.15, 0.2) is 6.07 Å². The van der Waals surface area contributed by atoms with Gasteiger partial charge in [-0.3, -0.25) is 0 Å². The number of benzene rings is 1. The number of carbonyl (C=O) groups is 1. The minimum Gasteiger partial charge on any atom is -0.507 e. The third-order valence-corrected chi connectivity index (χ3v) is 3.42.